The number of rotatable bonds is 6. The van der Waals surface area contributed by atoms with Gasteiger partial charge in [-0.25, -0.2) is 13.1 Å². The van der Waals surface area contributed by atoms with Gasteiger partial charge >= 0.3 is 0 Å². The first-order chi connectivity index (χ1) is 11.2. The maximum atomic E-state index is 12.3. The molecular weight excluding hydrogens is 375 g/mol. The van der Waals surface area contributed by atoms with E-state index in [-0.39, 0.29) is 33.6 Å². The van der Waals surface area contributed by atoms with Crippen LogP contribution in [0.5, 0.6) is 0 Å². The topological polar surface area (TPSA) is 78.9 Å². The number of aliphatic hydroxyl groups excluding tert-OH is 1. The van der Waals surface area contributed by atoms with Crippen LogP contribution in [0.2, 0.25) is 10.0 Å². The van der Waals surface area contributed by atoms with E-state index in [2.05, 4.69) is 4.72 Å². The lowest BCUT2D eigenvalue weighted by atomic mass is 10.0. The van der Waals surface area contributed by atoms with Crippen LogP contribution in [0.25, 0.3) is 0 Å². The Bertz CT molecular complexity index is 641. The number of likely N-dealkylation sites (N-methyl/N-ethyl adjacent to an activating group) is 1. The third-order valence-electron chi connectivity index (χ3n) is 3.99. The van der Waals surface area contributed by atoms with Gasteiger partial charge in [0.15, 0.2) is 6.29 Å². The summed E-state index contributed by atoms with van der Waals surface area (Å²) in [7, 11) is -1.77. The quantitative estimate of drug-likeness (QED) is 0.769. The molecule has 1 aliphatic heterocycles. The Kier molecular flexibility index (Phi) is 6.90. The van der Waals surface area contributed by atoms with E-state index in [9.17, 15) is 13.5 Å². The lowest BCUT2D eigenvalue weighted by Gasteiger charge is -2.36. The van der Waals surface area contributed by atoms with Crippen molar-refractivity contribution in [2.45, 2.75) is 43.1 Å². The van der Waals surface area contributed by atoms with Gasteiger partial charge in [-0.3, -0.25) is 0 Å². The summed E-state index contributed by atoms with van der Waals surface area (Å²) in [6, 6.07) is 4.34. The molecule has 1 aromatic rings. The van der Waals surface area contributed by atoms with Crippen LogP contribution in [-0.2, 0) is 14.8 Å². The van der Waals surface area contributed by atoms with Crippen molar-refractivity contribution in [2.75, 3.05) is 20.1 Å². The van der Waals surface area contributed by atoms with Gasteiger partial charge in [0, 0.05) is 35.6 Å². The molecule has 0 radical (unpaired) electrons. The van der Waals surface area contributed by atoms with E-state index in [1.165, 1.54) is 18.2 Å². The molecule has 0 amide bonds. The van der Waals surface area contributed by atoms with Crippen molar-refractivity contribution in [1.82, 2.24) is 9.62 Å². The van der Waals surface area contributed by atoms with E-state index in [0.717, 1.165) is 6.42 Å². The number of aliphatic hydroxyl groups is 1. The molecule has 1 aromatic carbocycles. The van der Waals surface area contributed by atoms with Gasteiger partial charge in [0.25, 0.3) is 0 Å². The van der Waals surface area contributed by atoms with E-state index in [0.29, 0.717) is 13.0 Å². The normalized spacial score (nSPS) is 25.2. The summed E-state index contributed by atoms with van der Waals surface area (Å²) in [6.45, 7) is 2.66. The summed E-state index contributed by atoms with van der Waals surface area (Å²) in [4.78, 5) is 2.06. The second kappa shape index (κ2) is 8.31. The minimum Gasteiger partial charge on any atom is -0.368 e. The zero-order valence-corrected chi connectivity index (χ0v) is 15.9. The Labute approximate surface area is 152 Å². The molecule has 2 rings (SSSR count). The highest BCUT2D eigenvalue weighted by Crippen LogP contribution is 2.23. The minimum absolute atomic E-state index is 0.0218. The SMILES string of the molecule is C[C@@H]1C[C@H](N(C)CCNS(=O)(=O)c2cc(Cl)cc(Cl)c2)C[C@H](O)O1. The molecule has 0 saturated carbocycles. The van der Waals surface area contributed by atoms with Gasteiger partial charge in [-0.2, -0.15) is 0 Å². The van der Waals surface area contributed by atoms with Gasteiger partial charge in [-0.05, 0) is 38.6 Å². The van der Waals surface area contributed by atoms with E-state index in [1.807, 2.05) is 18.9 Å². The monoisotopic (exact) mass is 396 g/mol. The zero-order valence-electron chi connectivity index (χ0n) is 13.6. The van der Waals surface area contributed by atoms with Crippen LogP contribution < -0.4 is 4.72 Å². The molecule has 0 aliphatic carbocycles. The Balaban J connectivity index is 1.90. The van der Waals surface area contributed by atoms with Crippen molar-refractivity contribution >= 4 is 33.2 Å². The van der Waals surface area contributed by atoms with Crippen LogP contribution in [0.1, 0.15) is 19.8 Å². The first-order valence-electron chi connectivity index (χ1n) is 7.67. The number of ether oxygens (including phenoxy) is 1. The number of nitrogens with zero attached hydrogens (tertiary/aromatic N) is 1. The Morgan fingerprint density at radius 1 is 1.29 bits per heavy atom. The van der Waals surface area contributed by atoms with Gasteiger partial charge in [0.2, 0.25) is 10.0 Å². The van der Waals surface area contributed by atoms with Crippen molar-refractivity contribution in [3.8, 4) is 0 Å². The van der Waals surface area contributed by atoms with Crippen molar-refractivity contribution in [3.05, 3.63) is 28.2 Å². The molecule has 0 aromatic heterocycles. The van der Waals surface area contributed by atoms with E-state index < -0.39 is 16.3 Å². The van der Waals surface area contributed by atoms with Crippen molar-refractivity contribution in [2.24, 2.45) is 0 Å². The standard InChI is InChI=1S/C15H22Cl2N2O4S/c1-10-5-13(9-15(20)23-10)19(2)4-3-18-24(21,22)14-7-11(16)6-12(17)8-14/h6-8,10,13,15,18,20H,3-5,9H2,1-2H3/t10-,13+,15-/m1/s1. The molecule has 0 bridgehead atoms. The van der Waals surface area contributed by atoms with Crippen molar-refractivity contribution in [3.63, 3.8) is 0 Å². The summed E-state index contributed by atoms with van der Waals surface area (Å²) in [5.74, 6) is 0. The molecule has 3 atom stereocenters. The lowest BCUT2D eigenvalue weighted by molar-refractivity contribution is -0.173. The van der Waals surface area contributed by atoms with Crippen LogP contribution in [0.15, 0.2) is 23.1 Å². The fourth-order valence-corrected chi connectivity index (χ4v) is 4.50. The molecule has 1 aliphatic rings. The van der Waals surface area contributed by atoms with Crippen LogP contribution >= 0.6 is 23.2 Å². The molecular formula is C15H22Cl2N2O4S. The smallest absolute Gasteiger partial charge is 0.240 e. The summed E-state index contributed by atoms with van der Waals surface area (Å²) >= 11 is 11.7. The van der Waals surface area contributed by atoms with E-state index in [4.69, 9.17) is 27.9 Å². The molecule has 1 fully saturated rings. The number of nitrogens with one attached hydrogen (secondary N) is 1. The Hall–Kier alpha value is -0.410. The predicted molar refractivity (Wildman–Crippen MR) is 93.9 cm³/mol. The maximum absolute atomic E-state index is 12.3. The summed E-state index contributed by atoms with van der Waals surface area (Å²) < 4.78 is 32.4. The van der Waals surface area contributed by atoms with E-state index >= 15 is 0 Å². The first kappa shape index (κ1) is 19.9. The van der Waals surface area contributed by atoms with Crippen LogP contribution in [0.4, 0.5) is 0 Å². The molecule has 9 heteroatoms. The number of sulfonamides is 1. The Morgan fingerprint density at radius 3 is 2.50 bits per heavy atom. The van der Waals surface area contributed by atoms with Crippen molar-refractivity contribution in [1.29, 1.82) is 0 Å². The third kappa shape index (κ3) is 5.56. The van der Waals surface area contributed by atoms with Crippen LogP contribution in [0.3, 0.4) is 0 Å². The highest BCUT2D eigenvalue weighted by molar-refractivity contribution is 7.89. The molecule has 136 valence electrons. The zero-order chi connectivity index (χ0) is 17.9. The molecule has 6 nitrogen and oxygen atoms in total. The highest BCUT2D eigenvalue weighted by Gasteiger charge is 2.28. The third-order valence-corrected chi connectivity index (χ3v) is 5.87. The molecule has 1 heterocycles. The summed E-state index contributed by atoms with van der Waals surface area (Å²) in [5.41, 5.74) is 0. The largest absolute Gasteiger partial charge is 0.368 e. The van der Waals surface area contributed by atoms with Gasteiger partial charge in [-0.1, -0.05) is 23.2 Å². The lowest BCUT2D eigenvalue weighted by Crippen LogP contribution is -2.45. The first-order valence-corrected chi connectivity index (χ1v) is 9.91. The minimum atomic E-state index is -3.67. The molecule has 0 unspecified atom stereocenters. The summed E-state index contributed by atoms with van der Waals surface area (Å²) in [6.07, 6.45) is 0.514. The molecule has 2 N–H and O–H groups in total. The van der Waals surface area contributed by atoms with Gasteiger partial charge in [0.1, 0.15) is 0 Å². The second-order valence-corrected chi connectivity index (χ2v) is 8.65. The second-order valence-electron chi connectivity index (χ2n) is 6.01. The summed E-state index contributed by atoms with van der Waals surface area (Å²) in [5, 5.41) is 10.2. The van der Waals surface area contributed by atoms with Gasteiger partial charge < -0.3 is 14.7 Å². The number of halogens is 2. The van der Waals surface area contributed by atoms with Gasteiger partial charge in [-0.15, -0.1) is 0 Å². The van der Waals surface area contributed by atoms with Crippen molar-refractivity contribution < 1.29 is 18.3 Å². The average molecular weight is 397 g/mol. The van der Waals surface area contributed by atoms with Gasteiger partial charge in [0.05, 0.1) is 11.0 Å². The fraction of sp³-hybridized carbons (Fsp3) is 0.600. The van der Waals surface area contributed by atoms with Crippen LogP contribution in [0, 0.1) is 0 Å². The fourth-order valence-electron chi connectivity index (χ4n) is 2.76. The van der Waals surface area contributed by atoms with Crippen LogP contribution in [-0.4, -0.2) is 57.0 Å². The Morgan fingerprint density at radius 2 is 1.92 bits per heavy atom. The molecule has 24 heavy (non-hydrogen) atoms. The average Bonchev–Trinajstić information content (AvgIpc) is 2.44. The maximum Gasteiger partial charge on any atom is 0.240 e. The predicted octanol–water partition coefficient (Wildman–Crippen LogP) is 2.09. The molecule has 1 saturated heterocycles. The molecule has 0 spiro atoms. The number of hydrogen-bond donors (Lipinski definition) is 2. The van der Waals surface area contributed by atoms with E-state index in [1.54, 1.807) is 0 Å². The highest BCUT2D eigenvalue weighted by atomic mass is 35.5. The number of hydrogen-bond acceptors (Lipinski definition) is 5. The number of benzene rings is 1.